The number of halogens is 3. The summed E-state index contributed by atoms with van der Waals surface area (Å²) >= 11 is 0. The second kappa shape index (κ2) is 6.67. The molecule has 1 amide bonds. The number of aromatic nitrogens is 2. The predicted molar refractivity (Wildman–Crippen MR) is 85.7 cm³/mol. The number of hydrogen-bond donors (Lipinski definition) is 1. The normalized spacial score (nSPS) is 13.0. The molecule has 1 N–H and O–H groups in total. The molecule has 7 heteroatoms. The van der Waals surface area contributed by atoms with Crippen LogP contribution in [0.3, 0.4) is 0 Å². The Balaban J connectivity index is 2.09. The van der Waals surface area contributed by atoms with Crippen molar-refractivity contribution in [3.63, 3.8) is 0 Å². The van der Waals surface area contributed by atoms with Gasteiger partial charge in [0.2, 0.25) is 5.91 Å². The number of carbonyl (C=O) groups is 1. The van der Waals surface area contributed by atoms with Gasteiger partial charge in [-0.25, -0.2) is 0 Å². The minimum Gasteiger partial charge on any atom is -0.326 e. The third-order valence-electron chi connectivity index (χ3n) is 3.82. The molecule has 2 rings (SSSR count). The van der Waals surface area contributed by atoms with Crippen molar-refractivity contribution in [2.45, 2.75) is 40.4 Å². The molecule has 0 bridgehead atoms. The number of aryl methyl sites for hydroxylation is 3. The van der Waals surface area contributed by atoms with Gasteiger partial charge in [-0.2, -0.15) is 18.3 Å². The molecule has 0 spiro atoms. The molecule has 4 nitrogen and oxygen atoms in total. The SMILES string of the molecule is Cc1ccc(C)c(NC(=O)C(C)Cn2nc(C(F)(F)F)cc2C)c1. The number of amides is 1. The average Bonchev–Trinajstić information content (AvgIpc) is 2.84. The first-order valence-electron chi connectivity index (χ1n) is 7.57. The van der Waals surface area contributed by atoms with E-state index in [1.807, 2.05) is 32.0 Å². The lowest BCUT2D eigenvalue weighted by Gasteiger charge is -2.15. The Hall–Kier alpha value is -2.31. The number of nitrogens with one attached hydrogen (secondary N) is 1. The average molecular weight is 339 g/mol. The summed E-state index contributed by atoms with van der Waals surface area (Å²) in [5.41, 5.74) is 2.08. The van der Waals surface area contributed by atoms with Gasteiger partial charge >= 0.3 is 6.18 Å². The Morgan fingerprint density at radius 3 is 2.50 bits per heavy atom. The Morgan fingerprint density at radius 1 is 1.25 bits per heavy atom. The van der Waals surface area contributed by atoms with Crippen molar-refractivity contribution < 1.29 is 18.0 Å². The number of hydrogen-bond acceptors (Lipinski definition) is 2. The maximum Gasteiger partial charge on any atom is 0.435 e. The van der Waals surface area contributed by atoms with E-state index in [-0.39, 0.29) is 12.5 Å². The van der Waals surface area contributed by atoms with Crippen molar-refractivity contribution in [1.29, 1.82) is 0 Å². The second-order valence-electron chi connectivity index (χ2n) is 6.06. The lowest BCUT2D eigenvalue weighted by atomic mass is 10.1. The van der Waals surface area contributed by atoms with E-state index in [0.717, 1.165) is 17.2 Å². The fraction of sp³-hybridized carbons (Fsp3) is 0.412. The largest absolute Gasteiger partial charge is 0.435 e. The first kappa shape index (κ1) is 18.0. The molecule has 0 aliphatic rings. The molecular weight excluding hydrogens is 319 g/mol. The van der Waals surface area contributed by atoms with E-state index in [1.54, 1.807) is 6.92 Å². The van der Waals surface area contributed by atoms with Crippen molar-refractivity contribution in [2.24, 2.45) is 5.92 Å². The summed E-state index contributed by atoms with van der Waals surface area (Å²) in [6, 6.07) is 6.69. The molecule has 1 heterocycles. The molecule has 0 aliphatic heterocycles. The van der Waals surface area contributed by atoms with Crippen LogP contribution in [0.15, 0.2) is 24.3 Å². The second-order valence-corrected chi connectivity index (χ2v) is 6.06. The molecule has 0 radical (unpaired) electrons. The monoisotopic (exact) mass is 339 g/mol. The highest BCUT2D eigenvalue weighted by Gasteiger charge is 2.34. The summed E-state index contributed by atoms with van der Waals surface area (Å²) in [6.45, 7) is 7.09. The van der Waals surface area contributed by atoms with Gasteiger partial charge in [0.05, 0.1) is 12.5 Å². The minimum absolute atomic E-state index is 0.0820. The molecule has 130 valence electrons. The topological polar surface area (TPSA) is 46.9 Å². The van der Waals surface area contributed by atoms with E-state index < -0.39 is 17.8 Å². The minimum atomic E-state index is -4.49. The van der Waals surface area contributed by atoms with Gasteiger partial charge in [0.25, 0.3) is 0 Å². The Kier molecular flexibility index (Phi) is 5.01. The molecule has 2 aromatic rings. The van der Waals surface area contributed by atoms with Gasteiger partial charge in [-0.15, -0.1) is 0 Å². The maximum absolute atomic E-state index is 12.7. The zero-order chi connectivity index (χ0) is 18.1. The van der Waals surface area contributed by atoms with E-state index >= 15 is 0 Å². The fourth-order valence-electron chi connectivity index (χ4n) is 2.30. The van der Waals surface area contributed by atoms with E-state index in [9.17, 15) is 18.0 Å². The smallest absolute Gasteiger partial charge is 0.326 e. The third kappa shape index (κ3) is 4.15. The van der Waals surface area contributed by atoms with Gasteiger partial charge < -0.3 is 5.32 Å². The highest BCUT2D eigenvalue weighted by molar-refractivity contribution is 5.93. The number of benzene rings is 1. The highest BCUT2D eigenvalue weighted by atomic mass is 19.4. The van der Waals surface area contributed by atoms with Gasteiger partial charge in [-0.1, -0.05) is 19.1 Å². The lowest BCUT2D eigenvalue weighted by Crippen LogP contribution is -2.25. The molecule has 0 saturated heterocycles. The van der Waals surface area contributed by atoms with E-state index in [2.05, 4.69) is 10.4 Å². The van der Waals surface area contributed by atoms with Crippen LogP contribution >= 0.6 is 0 Å². The van der Waals surface area contributed by atoms with E-state index in [1.165, 1.54) is 11.6 Å². The van der Waals surface area contributed by atoms with Crippen LogP contribution < -0.4 is 5.32 Å². The van der Waals surface area contributed by atoms with Crippen molar-refractivity contribution in [3.8, 4) is 0 Å². The van der Waals surface area contributed by atoms with E-state index in [0.29, 0.717) is 11.4 Å². The highest BCUT2D eigenvalue weighted by Crippen LogP contribution is 2.28. The summed E-state index contributed by atoms with van der Waals surface area (Å²) in [5.74, 6) is -0.781. The first-order chi connectivity index (χ1) is 11.1. The predicted octanol–water partition coefficient (Wildman–Crippen LogP) is 4.10. The van der Waals surface area contributed by atoms with Crippen LogP contribution in [-0.2, 0) is 17.5 Å². The zero-order valence-electron chi connectivity index (χ0n) is 14.0. The van der Waals surface area contributed by atoms with Crippen LogP contribution in [0.5, 0.6) is 0 Å². The van der Waals surface area contributed by atoms with Gasteiger partial charge in [-0.05, 0) is 44.0 Å². The fourth-order valence-corrected chi connectivity index (χ4v) is 2.30. The van der Waals surface area contributed by atoms with Crippen LogP contribution in [0.4, 0.5) is 18.9 Å². The van der Waals surface area contributed by atoms with Gasteiger partial charge in [0.1, 0.15) is 0 Å². The molecule has 24 heavy (non-hydrogen) atoms. The maximum atomic E-state index is 12.7. The number of alkyl halides is 3. The van der Waals surface area contributed by atoms with Crippen molar-refractivity contribution in [3.05, 3.63) is 46.8 Å². The Bertz CT molecular complexity index is 750. The molecule has 0 saturated carbocycles. The van der Waals surface area contributed by atoms with Crippen LogP contribution in [0.1, 0.15) is 29.4 Å². The molecule has 0 fully saturated rings. The molecule has 1 aromatic heterocycles. The Labute approximate surface area is 138 Å². The van der Waals surface area contributed by atoms with Crippen molar-refractivity contribution in [2.75, 3.05) is 5.32 Å². The molecule has 1 unspecified atom stereocenters. The summed E-state index contributed by atoms with van der Waals surface area (Å²) in [6.07, 6.45) is -4.49. The van der Waals surface area contributed by atoms with Gasteiger partial charge in [0.15, 0.2) is 5.69 Å². The van der Waals surface area contributed by atoms with Crippen LogP contribution in [0, 0.1) is 26.7 Å². The molecule has 0 aliphatic carbocycles. The zero-order valence-corrected chi connectivity index (χ0v) is 14.0. The number of anilines is 1. The number of carbonyl (C=O) groups excluding carboxylic acids is 1. The molecule has 1 atom stereocenters. The van der Waals surface area contributed by atoms with Crippen molar-refractivity contribution in [1.82, 2.24) is 9.78 Å². The summed E-state index contributed by atoms with van der Waals surface area (Å²) < 4.78 is 39.3. The Morgan fingerprint density at radius 2 is 1.92 bits per heavy atom. The molecule has 1 aromatic carbocycles. The number of nitrogens with zero attached hydrogens (tertiary/aromatic N) is 2. The molecular formula is C17H20F3N3O. The van der Waals surface area contributed by atoms with Crippen LogP contribution in [-0.4, -0.2) is 15.7 Å². The van der Waals surface area contributed by atoms with Gasteiger partial charge in [0, 0.05) is 11.4 Å². The summed E-state index contributed by atoms with van der Waals surface area (Å²) in [4.78, 5) is 12.3. The summed E-state index contributed by atoms with van der Waals surface area (Å²) in [5, 5.41) is 6.38. The van der Waals surface area contributed by atoms with Gasteiger partial charge in [-0.3, -0.25) is 9.48 Å². The third-order valence-corrected chi connectivity index (χ3v) is 3.82. The standard InChI is InChI=1S/C17H20F3N3O/c1-10-5-6-11(2)14(7-10)21-16(24)12(3)9-23-13(4)8-15(22-23)17(18,19)20/h5-8,12H,9H2,1-4H3,(H,21,24). The number of rotatable bonds is 4. The van der Waals surface area contributed by atoms with E-state index in [4.69, 9.17) is 0 Å². The van der Waals surface area contributed by atoms with Crippen molar-refractivity contribution >= 4 is 11.6 Å². The lowest BCUT2D eigenvalue weighted by molar-refractivity contribution is -0.141. The summed E-state index contributed by atoms with van der Waals surface area (Å²) in [7, 11) is 0. The first-order valence-corrected chi connectivity index (χ1v) is 7.57. The quantitative estimate of drug-likeness (QED) is 0.911. The van der Waals surface area contributed by atoms with Crippen LogP contribution in [0.2, 0.25) is 0 Å². The van der Waals surface area contributed by atoms with Crippen LogP contribution in [0.25, 0.3) is 0 Å².